The van der Waals surface area contributed by atoms with E-state index < -0.39 is 16.1 Å². The maximum absolute atomic E-state index is 11.7. The van der Waals surface area contributed by atoms with E-state index in [4.69, 9.17) is 5.73 Å². The van der Waals surface area contributed by atoms with Crippen LogP contribution >= 0.6 is 11.8 Å². The van der Waals surface area contributed by atoms with Crippen LogP contribution in [-0.4, -0.2) is 37.7 Å². The second-order valence-electron chi connectivity index (χ2n) is 4.45. The Bertz CT molecular complexity index is 506. The summed E-state index contributed by atoms with van der Waals surface area (Å²) >= 11 is 1.42. The number of aliphatic hydroxyl groups excluding tert-OH is 1. The van der Waals surface area contributed by atoms with Gasteiger partial charge in [0.05, 0.1) is 11.9 Å². The highest BCUT2D eigenvalue weighted by molar-refractivity contribution is 8.00. The minimum Gasteiger partial charge on any atom is -0.398 e. The van der Waals surface area contributed by atoms with Crippen molar-refractivity contribution in [3.63, 3.8) is 0 Å². The first kappa shape index (κ1) is 17.3. The maximum Gasteiger partial charge on any atom is 0.212 e. The Kier molecular flexibility index (Phi) is 7.36. The van der Waals surface area contributed by atoms with E-state index in [1.54, 1.807) is 6.07 Å². The number of nitrogens with one attached hydrogen (secondary N) is 1. The molecule has 0 aliphatic heterocycles. The molecule has 4 N–H and O–H groups in total. The van der Waals surface area contributed by atoms with Crippen molar-refractivity contribution in [2.24, 2.45) is 0 Å². The lowest BCUT2D eigenvalue weighted by atomic mass is 10.2. The highest BCUT2D eigenvalue weighted by Gasteiger charge is 2.11. The van der Waals surface area contributed by atoms with E-state index in [1.807, 2.05) is 25.1 Å². The zero-order valence-corrected chi connectivity index (χ0v) is 13.2. The Hall–Kier alpha value is -0.760. The molecule has 0 aliphatic carbocycles. The van der Waals surface area contributed by atoms with Gasteiger partial charge in [-0.05, 0) is 25.0 Å². The second-order valence-corrected chi connectivity index (χ2v) is 7.51. The van der Waals surface area contributed by atoms with E-state index in [0.717, 1.165) is 4.90 Å². The van der Waals surface area contributed by atoms with Crippen molar-refractivity contribution in [2.45, 2.75) is 30.8 Å². The molecule has 1 rings (SSSR count). The summed E-state index contributed by atoms with van der Waals surface area (Å²) in [6, 6.07) is 7.38. The molecule has 0 bridgehead atoms. The molecule has 0 heterocycles. The lowest BCUT2D eigenvalue weighted by Gasteiger charge is -2.10. The van der Waals surface area contributed by atoms with Crippen molar-refractivity contribution in [1.82, 2.24) is 4.72 Å². The van der Waals surface area contributed by atoms with E-state index in [2.05, 4.69) is 4.72 Å². The van der Waals surface area contributed by atoms with Crippen LogP contribution in [0, 0.1) is 0 Å². The molecule has 0 aromatic heterocycles. The third-order valence-electron chi connectivity index (χ3n) is 2.80. The van der Waals surface area contributed by atoms with Crippen LogP contribution in [0.5, 0.6) is 0 Å². The Morgan fingerprint density at radius 2 is 2.10 bits per heavy atom. The zero-order valence-electron chi connectivity index (χ0n) is 11.6. The Labute approximate surface area is 125 Å². The molecule has 1 aromatic rings. The summed E-state index contributed by atoms with van der Waals surface area (Å²) in [6.07, 6.45) is 0.621. The number of thioether (sulfide) groups is 1. The fraction of sp³-hybridized carbons (Fsp3) is 0.538. The van der Waals surface area contributed by atoms with Crippen molar-refractivity contribution >= 4 is 27.5 Å². The van der Waals surface area contributed by atoms with Crippen molar-refractivity contribution < 1.29 is 13.5 Å². The number of benzene rings is 1. The van der Waals surface area contributed by atoms with E-state index in [-0.39, 0.29) is 12.3 Å². The van der Waals surface area contributed by atoms with Gasteiger partial charge in [-0.2, -0.15) is 0 Å². The molecule has 5 nitrogen and oxygen atoms in total. The molecule has 1 aromatic carbocycles. The molecule has 0 saturated carbocycles. The van der Waals surface area contributed by atoms with Gasteiger partial charge in [-0.3, -0.25) is 0 Å². The minimum atomic E-state index is -3.29. The van der Waals surface area contributed by atoms with Crippen LogP contribution in [0.25, 0.3) is 0 Å². The topological polar surface area (TPSA) is 92.4 Å². The van der Waals surface area contributed by atoms with E-state index in [9.17, 15) is 13.5 Å². The van der Waals surface area contributed by atoms with Crippen LogP contribution < -0.4 is 10.5 Å². The first-order chi connectivity index (χ1) is 9.44. The predicted octanol–water partition coefficient (Wildman–Crippen LogP) is 1.44. The smallest absolute Gasteiger partial charge is 0.212 e. The van der Waals surface area contributed by atoms with E-state index in [1.165, 1.54) is 11.8 Å². The first-order valence-corrected chi connectivity index (χ1v) is 9.21. The largest absolute Gasteiger partial charge is 0.398 e. The Morgan fingerprint density at radius 1 is 1.40 bits per heavy atom. The number of nitrogens with two attached hydrogens (primary N) is 1. The van der Waals surface area contributed by atoms with Crippen molar-refractivity contribution in [1.29, 1.82) is 0 Å². The molecular formula is C13H22N2O3S2. The normalized spacial score (nSPS) is 13.3. The summed E-state index contributed by atoms with van der Waals surface area (Å²) in [4.78, 5) is 0.893. The van der Waals surface area contributed by atoms with Crippen LogP contribution in [0.15, 0.2) is 29.2 Å². The molecule has 0 saturated heterocycles. The molecule has 1 atom stereocenters. The van der Waals surface area contributed by atoms with Gasteiger partial charge in [0.2, 0.25) is 10.0 Å². The molecule has 0 spiro atoms. The monoisotopic (exact) mass is 318 g/mol. The quantitative estimate of drug-likeness (QED) is 0.473. The van der Waals surface area contributed by atoms with Gasteiger partial charge < -0.3 is 10.8 Å². The van der Waals surface area contributed by atoms with Gasteiger partial charge in [0.25, 0.3) is 0 Å². The summed E-state index contributed by atoms with van der Waals surface area (Å²) in [5.74, 6) is 0.480. The van der Waals surface area contributed by atoms with Gasteiger partial charge in [-0.15, -0.1) is 11.8 Å². The fourth-order valence-electron chi connectivity index (χ4n) is 1.53. The highest BCUT2D eigenvalue weighted by Crippen LogP contribution is 2.24. The zero-order chi connectivity index (χ0) is 15.0. The molecule has 0 radical (unpaired) electrons. The van der Waals surface area contributed by atoms with Gasteiger partial charge in [-0.1, -0.05) is 19.1 Å². The van der Waals surface area contributed by atoms with E-state index in [0.29, 0.717) is 24.3 Å². The first-order valence-electron chi connectivity index (χ1n) is 6.57. The Morgan fingerprint density at radius 3 is 2.75 bits per heavy atom. The molecule has 20 heavy (non-hydrogen) atoms. The number of anilines is 1. The molecule has 0 aliphatic rings. The third kappa shape index (κ3) is 6.60. The average Bonchev–Trinajstić information content (AvgIpc) is 2.40. The standard InChI is InChI=1S/C13H22N2O3S2/c1-2-11(16)7-8-15-20(17,18)10-9-19-13-6-4-3-5-12(13)14/h3-6,11,15-16H,2,7-10,14H2,1H3. The van der Waals surface area contributed by atoms with Crippen LogP contribution in [0.1, 0.15) is 19.8 Å². The third-order valence-corrected chi connectivity index (χ3v) is 5.53. The summed E-state index contributed by atoms with van der Waals surface area (Å²) in [5.41, 5.74) is 6.45. The van der Waals surface area contributed by atoms with Crippen LogP contribution in [0.4, 0.5) is 5.69 Å². The van der Waals surface area contributed by atoms with Gasteiger partial charge >= 0.3 is 0 Å². The fourth-order valence-corrected chi connectivity index (χ4v) is 3.94. The number of hydrogen-bond donors (Lipinski definition) is 3. The predicted molar refractivity (Wildman–Crippen MR) is 84.3 cm³/mol. The molecule has 114 valence electrons. The minimum absolute atomic E-state index is 0.0359. The number of aliphatic hydroxyl groups is 1. The van der Waals surface area contributed by atoms with Crippen molar-refractivity contribution in [3.8, 4) is 0 Å². The van der Waals surface area contributed by atoms with Crippen LogP contribution in [0.3, 0.4) is 0 Å². The summed E-state index contributed by atoms with van der Waals surface area (Å²) in [7, 11) is -3.29. The molecule has 1 unspecified atom stereocenters. The van der Waals surface area contributed by atoms with Crippen LogP contribution in [-0.2, 0) is 10.0 Å². The lowest BCUT2D eigenvalue weighted by molar-refractivity contribution is 0.162. The number of nitrogen functional groups attached to an aromatic ring is 1. The summed E-state index contributed by atoms with van der Waals surface area (Å²) in [5, 5.41) is 9.36. The van der Waals surface area contributed by atoms with Crippen molar-refractivity contribution in [2.75, 3.05) is 23.8 Å². The van der Waals surface area contributed by atoms with Crippen LogP contribution in [0.2, 0.25) is 0 Å². The summed E-state index contributed by atoms with van der Waals surface area (Å²) in [6.45, 7) is 2.13. The van der Waals surface area contributed by atoms with Gasteiger partial charge in [0.1, 0.15) is 0 Å². The Balaban J connectivity index is 2.31. The molecule has 7 heteroatoms. The second kappa shape index (κ2) is 8.51. The average molecular weight is 318 g/mol. The van der Waals surface area contributed by atoms with Crippen molar-refractivity contribution in [3.05, 3.63) is 24.3 Å². The molecule has 0 amide bonds. The summed E-state index contributed by atoms with van der Waals surface area (Å²) < 4.78 is 26.0. The molecular weight excluding hydrogens is 296 g/mol. The number of para-hydroxylation sites is 1. The number of sulfonamides is 1. The SMILES string of the molecule is CCC(O)CCNS(=O)(=O)CCSc1ccccc1N. The number of rotatable bonds is 9. The van der Waals surface area contributed by atoms with Gasteiger partial charge in [-0.25, -0.2) is 13.1 Å². The number of hydrogen-bond acceptors (Lipinski definition) is 5. The lowest BCUT2D eigenvalue weighted by Crippen LogP contribution is -2.30. The van der Waals surface area contributed by atoms with Gasteiger partial charge in [0.15, 0.2) is 0 Å². The molecule has 0 fully saturated rings. The van der Waals surface area contributed by atoms with E-state index >= 15 is 0 Å². The van der Waals surface area contributed by atoms with Gasteiger partial charge in [0, 0.05) is 22.9 Å². The highest BCUT2D eigenvalue weighted by atomic mass is 32.2. The maximum atomic E-state index is 11.7.